The molecule has 0 radical (unpaired) electrons. The summed E-state index contributed by atoms with van der Waals surface area (Å²) < 4.78 is 5.38. The quantitative estimate of drug-likeness (QED) is 0.855. The fourth-order valence-electron chi connectivity index (χ4n) is 2.56. The predicted molar refractivity (Wildman–Crippen MR) is 85.7 cm³/mol. The van der Waals surface area contributed by atoms with Crippen LogP contribution in [0.15, 0.2) is 42.6 Å². The lowest BCUT2D eigenvalue weighted by molar-refractivity contribution is 0.327. The van der Waals surface area contributed by atoms with E-state index in [1.165, 1.54) is 24.0 Å². The highest BCUT2D eigenvalue weighted by atomic mass is 16.5. The summed E-state index contributed by atoms with van der Waals surface area (Å²) in [6, 6.07) is 13.2. The molecule has 1 atom stereocenters. The van der Waals surface area contributed by atoms with Gasteiger partial charge in [0, 0.05) is 6.07 Å². The number of pyridine rings is 1. The van der Waals surface area contributed by atoms with Crippen molar-refractivity contribution in [2.75, 3.05) is 11.9 Å². The van der Waals surface area contributed by atoms with Gasteiger partial charge < -0.3 is 10.1 Å². The third kappa shape index (κ3) is 3.54. The van der Waals surface area contributed by atoms with Crippen molar-refractivity contribution in [3.05, 3.63) is 53.7 Å². The topological polar surface area (TPSA) is 34.1 Å². The zero-order chi connectivity index (χ0) is 14.7. The van der Waals surface area contributed by atoms with Crippen LogP contribution in [-0.2, 0) is 0 Å². The van der Waals surface area contributed by atoms with Crippen molar-refractivity contribution in [3.8, 4) is 5.88 Å². The van der Waals surface area contributed by atoms with Crippen molar-refractivity contribution >= 4 is 5.69 Å². The summed E-state index contributed by atoms with van der Waals surface area (Å²) in [5, 5.41) is 3.63. The van der Waals surface area contributed by atoms with Gasteiger partial charge in [0.2, 0.25) is 5.88 Å². The van der Waals surface area contributed by atoms with Crippen molar-refractivity contribution < 1.29 is 4.74 Å². The number of nitrogens with one attached hydrogen (secondary N) is 1. The van der Waals surface area contributed by atoms with Crippen molar-refractivity contribution in [1.29, 1.82) is 0 Å². The van der Waals surface area contributed by atoms with Gasteiger partial charge in [0.05, 0.1) is 24.5 Å². The second kappa shape index (κ2) is 6.17. The molecule has 3 heteroatoms. The maximum Gasteiger partial charge on any atom is 0.213 e. The standard InChI is InChI=1S/C18H22N2O/c1-3-21-17-11-10-16(12-19-17)20-18(15-8-9-15)14-6-4-13(2)5-7-14/h4-7,10-12,15,18,20H,3,8-9H2,1-2H3. The summed E-state index contributed by atoms with van der Waals surface area (Å²) in [5.74, 6) is 1.42. The van der Waals surface area contributed by atoms with Crippen molar-refractivity contribution in [2.24, 2.45) is 5.92 Å². The van der Waals surface area contributed by atoms with E-state index in [0.717, 1.165) is 11.6 Å². The highest BCUT2D eigenvalue weighted by Crippen LogP contribution is 2.42. The molecule has 1 aliphatic carbocycles. The minimum Gasteiger partial charge on any atom is -0.478 e. The SMILES string of the molecule is CCOc1ccc(NC(c2ccc(C)cc2)C2CC2)cn1. The van der Waals surface area contributed by atoms with E-state index < -0.39 is 0 Å². The van der Waals surface area contributed by atoms with Crippen molar-refractivity contribution in [1.82, 2.24) is 4.98 Å². The highest BCUT2D eigenvalue weighted by molar-refractivity contribution is 5.45. The summed E-state index contributed by atoms with van der Waals surface area (Å²) in [5.41, 5.74) is 3.71. The van der Waals surface area contributed by atoms with Crippen LogP contribution in [0.2, 0.25) is 0 Å². The first-order valence-electron chi connectivity index (χ1n) is 7.68. The highest BCUT2D eigenvalue weighted by Gasteiger charge is 2.32. The van der Waals surface area contributed by atoms with Crippen LogP contribution in [0.3, 0.4) is 0 Å². The Bertz CT molecular complexity index is 573. The van der Waals surface area contributed by atoms with Gasteiger partial charge in [-0.3, -0.25) is 0 Å². The fraction of sp³-hybridized carbons (Fsp3) is 0.389. The molecule has 110 valence electrons. The van der Waals surface area contributed by atoms with Gasteiger partial charge in [0.1, 0.15) is 0 Å². The smallest absolute Gasteiger partial charge is 0.213 e. The lowest BCUT2D eigenvalue weighted by Gasteiger charge is -2.20. The molecule has 1 heterocycles. The van der Waals surface area contributed by atoms with Crippen LogP contribution in [0.1, 0.15) is 36.9 Å². The Hall–Kier alpha value is -2.03. The summed E-state index contributed by atoms with van der Waals surface area (Å²) in [6.07, 6.45) is 4.46. The van der Waals surface area contributed by atoms with Crippen LogP contribution in [0, 0.1) is 12.8 Å². The first-order valence-corrected chi connectivity index (χ1v) is 7.68. The molecule has 1 fully saturated rings. The van der Waals surface area contributed by atoms with Gasteiger partial charge in [-0.1, -0.05) is 29.8 Å². The van der Waals surface area contributed by atoms with Gasteiger partial charge in [0.25, 0.3) is 0 Å². The zero-order valence-corrected chi connectivity index (χ0v) is 12.7. The summed E-state index contributed by atoms with van der Waals surface area (Å²) in [7, 11) is 0. The molecule has 1 unspecified atom stereocenters. The molecule has 0 spiro atoms. The number of hydrogen-bond donors (Lipinski definition) is 1. The summed E-state index contributed by atoms with van der Waals surface area (Å²) in [4.78, 5) is 4.32. The average Bonchev–Trinajstić information content (AvgIpc) is 3.33. The van der Waals surface area contributed by atoms with E-state index in [1.807, 2.05) is 25.3 Å². The minimum absolute atomic E-state index is 0.380. The third-order valence-electron chi connectivity index (χ3n) is 3.88. The molecule has 1 saturated carbocycles. The number of rotatable bonds is 6. The molecule has 3 rings (SSSR count). The zero-order valence-electron chi connectivity index (χ0n) is 12.7. The molecule has 2 aromatic rings. The number of ether oxygens (including phenoxy) is 1. The molecular formula is C18H22N2O. The lowest BCUT2D eigenvalue weighted by Crippen LogP contribution is -2.13. The monoisotopic (exact) mass is 282 g/mol. The third-order valence-corrected chi connectivity index (χ3v) is 3.88. The maximum absolute atomic E-state index is 5.38. The van der Waals surface area contributed by atoms with E-state index in [0.29, 0.717) is 18.5 Å². The van der Waals surface area contributed by atoms with Crippen molar-refractivity contribution in [3.63, 3.8) is 0 Å². The lowest BCUT2D eigenvalue weighted by atomic mass is 10.0. The van der Waals surface area contributed by atoms with E-state index in [2.05, 4.69) is 41.5 Å². The number of nitrogens with zero attached hydrogens (tertiary/aromatic N) is 1. The van der Waals surface area contributed by atoms with E-state index in [1.54, 1.807) is 0 Å². The Morgan fingerprint density at radius 2 is 1.95 bits per heavy atom. The van der Waals surface area contributed by atoms with E-state index in [4.69, 9.17) is 4.74 Å². The van der Waals surface area contributed by atoms with E-state index in [-0.39, 0.29) is 0 Å². The van der Waals surface area contributed by atoms with Crippen molar-refractivity contribution in [2.45, 2.75) is 32.7 Å². The average molecular weight is 282 g/mol. The van der Waals surface area contributed by atoms with Gasteiger partial charge in [-0.2, -0.15) is 0 Å². The first kappa shape index (κ1) is 13.9. The van der Waals surface area contributed by atoms with E-state index >= 15 is 0 Å². The molecule has 1 aromatic heterocycles. The Morgan fingerprint density at radius 3 is 2.52 bits per heavy atom. The first-order chi connectivity index (χ1) is 10.3. The molecule has 0 amide bonds. The van der Waals surface area contributed by atoms with Crippen LogP contribution in [0.5, 0.6) is 5.88 Å². The van der Waals surface area contributed by atoms with Gasteiger partial charge in [-0.05, 0) is 44.2 Å². The second-order valence-electron chi connectivity index (χ2n) is 5.69. The molecule has 1 aromatic carbocycles. The van der Waals surface area contributed by atoms with Gasteiger partial charge >= 0.3 is 0 Å². The minimum atomic E-state index is 0.380. The molecule has 21 heavy (non-hydrogen) atoms. The number of aromatic nitrogens is 1. The second-order valence-corrected chi connectivity index (χ2v) is 5.69. The number of anilines is 1. The van der Waals surface area contributed by atoms with E-state index in [9.17, 15) is 0 Å². The Morgan fingerprint density at radius 1 is 1.19 bits per heavy atom. The fourth-order valence-corrected chi connectivity index (χ4v) is 2.56. The number of aryl methyl sites for hydroxylation is 1. The molecule has 3 nitrogen and oxygen atoms in total. The van der Waals surface area contributed by atoms with Crippen LogP contribution in [-0.4, -0.2) is 11.6 Å². The van der Waals surface area contributed by atoms with Crippen LogP contribution < -0.4 is 10.1 Å². The number of hydrogen-bond acceptors (Lipinski definition) is 3. The van der Waals surface area contributed by atoms with Gasteiger partial charge in [-0.25, -0.2) is 4.98 Å². The Labute approximate surface area is 126 Å². The molecule has 0 saturated heterocycles. The number of benzene rings is 1. The molecule has 0 aliphatic heterocycles. The Kier molecular flexibility index (Phi) is 4.09. The summed E-state index contributed by atoms with van der Waals surface area (Å²) >= 11 is 0. The molecule has 1 N–H and O–H groups in total. The van der Waals surface area contributed by atoms with Crippen LogP contribution in [0.4, 0.5) is 5.69 Å². The van der Waals surface area contributed by atoms with Crippen LogP contribution in [0.25, 0.3) is 0 Å². The molecular weight excluding hydrogens is 260 g/mol. The normalized spacial score (nSPS) is 15.5. The largest absolute Gasteiger partial charge is 0.478 e. The van der Waals surface area contributed by atoms with Gasteiger partial charge in [-0.15, -0.1) is 0 Å². The predicted octanol–water partition coefficient (Wildman–Crippen LogP) is 4.35. The summed E-state index contributed by atoms with van der Waals surface area (Å²) in [6.45, 7) is 4.74. The van der Waals surface area contributed by atoms with Gasteiger partial charge in [0.15, 0.2) is 0 Å². The maximum atomic E-state index is 5.38. The van der Waals surface area contributed by atoms with Crippen LogP contribution >= 0.6 is 0 Å². The molecule has 1 aliphatic rings. The molecule has 0 bridgehead atoms. The Balaban J connectivity index is 1.74.